The lowest BCUT2D eigenvalue weighted by Crippen LogP contribution is -2.50. The molecule has 2 unspecified atom stereocenters. The van der Waals surface area contributed by atoms with Crippen LogP contribution in [0.1, 0.15) is 48.0 Å². The van der Waals surface area contributed by atoms with E-state index >= 15 is 0 Å². The minimum Gasteiger partial charge on any atom is -0.444 e. The molecule has 1 aliphatic rings. The van der Waals surface area contributed by atoms with Crippen molar-refractivity contribution >= 4 is 14.4 Å². The number of aliphatic hydroxyl groups excluding tert-OH is 1. The van der Waals surface area contributed by atoms with Crippen molar-refractivity contribution < 1.29 is 19.1 Å². The van der Waals surface area contributed by atoms with Crippen molar-refractivity contribution in [3.05, 3.63) is 0 Å². The lowest BCUT2D eigenvalue weighted by Gasteiger charge is -2.40. The molecule has 1 rings (SSSR count). The molecule has 22 heavy (non-hydrogen) atoms. The number of rotatable bonds is 3. The number of aliphatic hydroxyl groups is 1. The summed E-state index contributed by atoms with van der Waals surface area (Å²) in [5.74, 6) is 0. The van der Waals surface area contributed by atoms with E-state index in [9.17, 15) is 9.90 Å². The van der Waals surface area contributed by atoms with Crippen LogP contribution in [0.25, 0.3) is 0 Å². The van der Waals surface area contributed by atoms with Gasteiger partial charge in [0.15, 0.2) is 8.32 Å². The fourth-order valence-electron chi connectivity index (χ4n) is 2.28. The average molecular weight is 332 g/mol. The van der Waals surface area contributed by atoms with Gasteiger partial charge in [0, 0.05) is 6.54 Å². The molecule has 5 nitrogen and oxygen atoms in total. The highest BCUT2D eigenvalue weighted by Gasteiger charge is 2.45. The molecule has 1 N–H and O–H groups in total. The molecule has 1 fully saturated rings. The second-order valence-corrected chi connectivity index (χ2v) is 13.4. The van der Waals surface area contributed by atoms with E-state index in [4.69, 9.17) is 9.16 Å². The van der Waals surface area contributed by atoms with Crippen LogP contribution in [0, 0.1) is 0 Å². The second kappa shape index (κ2) is 6.49. The van der Waals surface area contributed by atoms with Crippen LogP contribution in [0.2, 0.25) is 18.1 Å². The normalized spacial score (nSPS) is 23.8. The molecule has 1 saturated heterocycles. The zero-order chi connectivity index (χ0) is 17.3. The summed E-state index contributed by atoms with van der Waals surface area (Å²) in [6.45, 7) is 17.0. The van der Waals surface area contributed by atoms with Crippen molar-refractivity contribution in [2.75, 3.05) is 13.2 Å². The molecule has 0 aromatic heterocycles. The number of carbonyl (C=O) groups is 1. The SMILES string of the molecule is CC(C)(C)OC(=O)N1CCC(O[Si](C)(C)C(C)(C)C)C1CO. The molecular weight excluding hydrogens is 298 g/mol. The summed E-state index contributed by atoms with van der Waals surface area (Å²) < 4.78 is 11.8. The van der Waals surface area contributed by atoms with Crippen LogP contribution in [-0.2, 0) is 9.16 Å². The lowest BCUT2D eigenvalue weighted by molar-refractivity contribution is 0.00791. The standard InChI is InChI=1S/C16H33NO4Si/c1-15(2,3)20-14(19)17-10-9-13(12(17)11-18)21-22(7,8)16(4,5)6/h12-13,18H,9-11H2,1-8H3. The van der Waals surface area contributed by atoms with Gasteiger partial charge in [-0.2, -0.15) is 0 Å². The number of likely N-dealkylation sites (tertiary alicyclic amines) is 1. The first-order chi connectivity index (χ1) is 9.78. The van der Waals surface area contributed by atoms with Crippen LogP contribution in [0.4, 0.5) is 4.79 Å². The van der Waals surface area contributed by atoms with Crippen molar-refractivity contribution in [2.45, 2.75) is 83.8 Å². The Morgan fingerprint density at radius 3 is 2.18 bits per heavy atom. The fraction of sp³-hybridized carbons (Fsp3) is 0.938. The number of nitrogens with zero attached hydrogens (tertiary/aromatic N) is 1. The molecule has 0 aromatic carbocycles. The quantitative estimate of drug-likeness (QED) is 0.806. The van der Waals surface area contributed by atoms with Crippen LogP contribution in [0.3, 0.4) is 0 Å². The molecule has 1 heterocycles. The molecule has 0 aliphatic carbocycles. The first kappa shape index (κ1) is 19.5. The van der Waals surface area contributed by atoms with Crippen LogP contribution in [0.15, 0.2) is 0 Å². The maximum atomic E-state index is 12.3. The van der Waals surface area contributed by atoms with Gasteiger partial charge in [-0.3, -0.25) is 0 Å². The van der Waals surface area contributed by atoms with E-state index in [0.717, 1.165) is 6.42 Å². The molecule has 0 spiro atoms. The fourth-order valence-corrected chi connectivity index (χ4v) is 3.67. The van der Waals surface area contributed by atoms with E-state index in [-0.39, 0.29) is 29.9 Å². The Morgan fingerprint density at radius 2 is 1.77 bits per heavy atom. The number of hydrogen-bond donors (Lipinski definition) is 1. The summed E-state index contributed by atoms with van der Waals surface area (Å²) in [5, 5.41) is 9.84. The zero-order valence-electron chi connectivity index (χ0n) is 15.4. The number of carbonyl (C=O) groups excluding carboxylic acids is 1. The summed E-state index contributed by atoms with van der Waals surface area (Å²) in [6, 6.07) is -0.316. The molecule has 0 bridgehead atoms. The summed E-state index contributed by atoms with van der Waals surface area (Å²) in [6.07, 6.45) is 0.267. The Bertz CT molecular complexity index is 398. The van der Waals surface area contributed by atoms with Gasteiger partial charge in [-0.25, -0.2) is 4.79 Å². The van der Waals surface area contributed by atoms with Crippen LogP contribution in [-0.4, -0.2) is 55.3 Å². The number of amides is 1. The minimum absolute atomic E-state index is 0.0987. The van der Waals surface area contributed by atoms with Gasteiger partial charge in [0.05, 0.1) is 18.8 Å². The van der Waals surface area contributed by atoms with Gasteiger partial charge in [-0.1, -0.05) is 20.8 Å². The van der Waals surface area contributed by atoms with Gasteiger partial charge in [0.25, 0.3) is 0 Å². The van der Waals surface area contributed by atoms with Gasteiger partial charge in [-0.05, 0) is 45.3 Å². The van der Waals surface area contributed by atoms with Gasteiger partial charge in [-0.15, -0.1) is 0 Å². The maximum absolute atomic E-state index is 12.3. The Kier molecular flexibility index (Phi) is 5.74. The summed E-state index contributed by atoms with van der Waals surface area (Å²) in [5.41, 5.74) is -0.532. The first-order valence-electron chi connectivity index (χ1n) is 8.07. The molecule has 1 amide bonds. The zero-order valence-corrected chi connectivity index (χ0v) is 16.4. The molecule has 0 saturated carbocycles. The minimum atomic E-state index is -1.93. The summed E-state index contributed by atoms with van der Waals surface area (Å²) >= 11 is 0. The highest BCUT2D eigenvalue weighted by molar-refractivity contribution is 6.74. The highest BCUT2D eigenvalue weighted by Crippen LogP contribution is 2.39. The molecular formula is C16H33NO4Si. The van der Waals surface area contributed by atoms with Crippen molar-refractivity contribution in [3.63, 3.8) is 0 Å². The molecule has 130 valence electrons. The second-order valence-electron chi connectivity index (χ2n) is 8.63. The first-order valence-corrected chi connectivity index (χ1v) is 11.0. The predicted octanol–water partition coefficient (Wildman–Crippen LogP) is 3.38. The molecule has 6 heteroatoms. The maximum Gasteiger partial charge on any atom is 0.410 e. The van der Waals surface area contributed by atoms with E-state index in [2.05, 4.69) is 33.9 Å². The van der Waals surface area contributed by atoms with E-state index in [1.54, 1.807) is 4.90 Å². The van der Waals surface area contributed by atoms with Crippen molar-refractivity contribution in [1.82, 2.24) is 4.90 Å². The third-order valence-electron chi connectivity index (χ3n) is 4.55. The molecule has 0 aromatic rings. The van der Waals surface area contributed by atoms with Crippen LogP contribution in [0.5, 0.6) is 0 Å². The summed E-state index contributed by atoms with van der Waals surface area (Å²) in [7, 11) is -1.93. The molecule has 1 aliphatic heterocycles. The molecule has 0 radical (unpaired) electrons. The van der Waals surface area contributed by atoms with Crippen LogP contribution < -0.4 is 0 Å². The Balaban J connectivity index is 2.80. The topological polar surface area (TPSA) is 59.0 Å². The monoisotopic (exact) mass is 331 g/mol. The van der Waals surface area contributed by atoms with Gasteiger partial charge >= 0.3 is 6.09 Å². The van der Waals surface area contributed by atoms with Gasteiger partial charge < -0.3 is 19.2 Å². The Labute approximate surface area is 136 Å². The van der Waals surface area contributed by atoms with Crippen LogP contribution >= 0.6 is 0 Å². The van der Waals surface area contributed by atoms with Crippen molar-refractivity contribution in [1.29, 1.82) is 0 Å². The predicted molar refractivity (Wildman–Crippen MR) is 90.5 cm³/mol. The third kappa shape index (κ3) is 4.70. The summed E-state index contributed by atoms with van der Waals surface area (Å²) in [4.78, 5) is 13.9. The lowest BCUT2D eigenvalue weighted by atomic mass is 10.2. The number of ether oxygens (including phenoxy) is 1. The highest BCUT2D eigenvalue weighted by atomic mass is 28.4. The smallest absolute Gasteiger partial charge is 0.410 e. The average Bonchev–Trinajstić information content (AvgIpc) is 2.67. The van der Waals surface area contributed by atoms with E-state index < -0.39 is 13.9 Å². The number of hydrogen-bond acceptors (Lipinski definition) is 4. The van der Waals surface area contributed by atoms with E-state index in [0.29, 0.717) is 6.54 Å². The van der Waals surface area contributed by atoms with E-state index in [1.807, 2.05) is 20.8 Å². The van der Waals surface area contributed by atoms with E-state index in [1.165, 1.54) is 0 Å². The Hall–Kier alpha value is -0.593. The van der Waals surface area contributed by atoms with Gasteiger partial charge in [0.2, 0.25) is 0 Å². The van der Waals surface area contributed by atoms with Crippen molar-refractivity contribution in [3.8, 4) is 0 Å². The Morgan fingerprint density at radius 1 is 1.23 bits per heavy atom. The third-order valence-corrected chi connectivity index (χ3v) is 9.06. The van der Waals surface area contributed by atoms with Gasteiger partial charge in [0.1, 0.15) is 5.60 Å². The molecule has 2 atom stereocenters. The van der Waals surface area contributed by atoms with Crippen molar-refractivity contribution in [2.24, 2.45) is 0 Å². The largest absolute Gasteiger partial charge is 0.444 e.